The Bertz CT molecular complexity index is 808. The number of carbonyl (C=O) groups excluding carboxylic acids is 2. The van der Waals surface area contributed by atoms with Crippen molar-refractivity contribution in [2.75, 3.05) is 6.54 Å². The number of rotatable bonds is 5. The fraction of sp³-hybridized carbons (Fsp3) is 0.350. The van der Waals surface area contributed by atoms with Crippen molar-refractivity contribution < 1.29 is 9.59 Å². The lowest BCUT2D eigenvalue weighted by Gasteiger charge is -2.29. The van der Waals surface area contributed by atoms with Gasteiger partial charge in [-0.15, -0.1) is 0 Å². The van der Waals surface area contributed by atoms with Crippen molar-refractivity contribution in [3.63, 3.8) is 0 Å². The fourth-order valence-corrected chi connectivity index (χ4v) is 2.94. The van der Waals surface area contributed by atoms with Gasteiger partial charge in [0, 0.05) is 18.5 Å². The van der Waals surface area contributed by atoms with E-state index >= 15 is 0 Å². The third kappa shape index (κ3) is 4.39. The summed E-state index contributed by atoms with van der Waals surface area (Å²) >= 11 is 0. The van der Waals surface area contributed by atoms with Crippen LogP contribution < -0.4 is 5.32 Å². The van der Waals surface area contributed by atoms with Gasteiger partial charge in [-0.05, 0) is 17.7 Å². The van der Waals surface area contributed by atoms with Crippen LogP contribution >= 0.6 is 0 Å². The van der Waals surface area contributed by atoms with Gasteiger partial charge >= 0.3 is 0 Å². The first-order valence-corrected chi connectivity index (χ1v) is 8.88. The Morgan fingerprint density at radius 3 is 2.73 bits per heavy atom. The second-order valence-corrected chi connectivity index (χ2v) is 6.73. The summed E-state index contributed by atoms with van der Waals surface area (Å²) in [4.78, 5) is 26.0. The molecule has 2 heterocycles. The number of amides is 2. The largest absolute Gasteiger partial charge is 0.347 e. The maximum Gasteiger partial charge on any atom is 0.244 e. The molecule has 0 atom stereocenters. The van der Waals surface area contributed by atoms with Crippen molar-refractivity contribution >= 4 is 17.9 Å². The zero-order chi connectivity index (χ0) is 18.5. The predicted molar refractivity (Wildman–Crippen MR) is 99.8 cm³/mol. The lowest BCUT2D eigenvalue weighted by atomic mass is 10.1. The molecule has 0 radical (unpaired) electrons. The van der Waals surface area contributed by atoms with Gasteiger partial charge in [0.25, 0.3) is 0 Å². The standard InChI is InChI=1S/C20H24N4O2/c1-15(2)20(26)23-10-11-24-18(14-23)12-17(22-24)13-21-19(25)9-8-16-6-4-3-5-7-16/h3-9,12,15H,10-11,13-14H2,1-2H3,(H,21,25). The summed E-state index contributed by atoms with van der Waals surface area (Å²) < 4.78 is 1.92. The van der Waals surface area contributed by atoms with Crippen molar-refractivity contribution in [3.05, 3.63) is 59.4 Å². The summed E-state index contributed by atoms with van der Waals surface area (Å²) in [7, 11) is 0. The number of carbonyl (C=O) groups is 2. The maximum absolute atomic E-state index is 12.2. The molecular formula is C20H24N4O2. The molecule has 26 heavy (non-hydrogen) atoms. The van der Waals surface area contributed by atoms with Crippen LogP contribution in [0, 0.1) is 5.92 Å². The molecule has 0 aliphatic carbocycles. The molecule has 1 aliphatic rings. The molecule has 6 heteroatoms. The SMILES string of the molecule is CC(C)C(=O)N1CCn2nc(CNC(=O)C=Cc3ccccc3)cc2C1. The summed E-state index contributed by atoms with van der Waals surface area (Å²) in [5.74, 6) is 0.00872. The van der Waals surface area contributed by atoms with E-state index in [1.165, 1.54) is 6.08 Å². The van der Waals surface area contributed by atoms with E-state index in [4.69, 9.17) is 0 Å². The molecule has 1 aliphatic heterocycles. The number of nitrogens with zero attached hydrogens (tertiary/aromatic N) is 3. The van der Waals surface area contributed by atoms with Gasteiger partial charge in [-0.2, -0.15) is 5.10 Å². The van der Waals surface area contributed by atoms with E-state index in [-0.39, 0.29) is 17.7 Å². The summed E-state index contributed by atoms with van der Waals surface area (Å²) in [6, 6.07) is 11.6. The van der Waals surface area contributed by atoms with E-state index in [9.17, 15) is 9.59 Å². The molecular weight excluding hydrogens is 328 g/mol. The van der Waals surface area contributed by atoms with Gasteiger partial charge in [-0.3, -0.25) is 14.3 Å². The summed E-state index contributed by atoms with van der Waals surface area (Å²) in [5, 5.41) is 7.37. The molecule has 2 amide bonds. The second-order valence-electron chi connectivity index (χ2n) is 6.73. The molecule has 6 nitrogen and oxygen atoms in total. The van der Waals surface area contributed by atoms with E-state index < -0.39 is 0 Å². The Balaban J connectivity index is 1.55. The number of hydrogen-bond donors (Lipinski definition) is 1. The van der Waals surface area contributed by atoms with Crippen molar-refractivity contribution in [3.8, 4) is 0 Å². The first-order chi connectivity index (χ1) is 12.5. The average molecular weight is 352 g/mol. The van der Waals surface area contributed by atoms with Gasteiger partial charge in [0.15, 0.2) is 0 Å². The Hall–Kier alpha value is -2.89. The Labute approximate surface area is 153 Å². The molecule has 3 rings (SSSR count). The van der Waals surface area contributed by atoms with Gasteiger partial charge in [-0.1, -0.05) is 44.2 Å². The first kappa shape index (κ1) is 17.9. The molecule has 0 spiro atoms. The lowest BCUT2D eigenvalue weighted by molar-refractivity contribution is -0.136. The summed E-state index contributed by atoms with van der Waals surface area (Å²) in [6.45, 7) is 6.14. The van der Waals surface area contributed by atoms with Crippen LogP contribution in [-0.2, 0) is 29.2 Å². The third-order valence-corrected chi connectivity index (χ3v) is 4.32. The quantitative estimate of drug-likeness (QED) is 0.839. The molecule has 0 saturated carbocycles. The number of aromatic nitrogens is 2. The molecule has 0 fully saturated rings. The van der Waals surface area contributed by atoms with Crippen LogP contribution in [0.2, 0.25) is 0 Å². The van der Waals surface area contributed by atoms with Crippen LogP contribution in [0.15, 0.2) is 42.5 Å². The molecule has 0 saturated heterocycles. The van der Waals surface area contributed by atoms with Gasteiger partial charge in [0.2, 0.25) is 11.8 Å². The van der Waals surface area contributed by atoms with E-state index in [1.54, 1.807) is 6.08 Å². The van der Waals surface area contributed by atoms with Crippen LogP contribution in [0.3, 0.4) is 0 Å². The second kappa shape index (κ2) is 7.99. The third-order valence-electron chi connectivity index (χ3n) is 4.32. The number of benzene rings is 1. The minimum Gasteiger partial charge on any atom is -0.347 e. The zero-order valence-electron chi connectivity index (χ0n) is 15.2. The number of nitrogens with one attached hydrogen (secondary N) is 1. The highest BCUT2D eigenvalue weighted by molar-refractivity contribution is 5.91. The van der Waals surface area contributed by atoms with E-state index in [2.05, 4.69) is 10.4 Å². The average Bonchev–Trinajstić information content (AvgIpc) is 3.07. The van der Waals surface area contributed by atoms with Gasteiger partial charge < -0.3 is 10.2 Å². The summed E-state index contributed by atoms with van der Waals surface area (Å²) in [5.41, 5.74) is 2.80. The van der Waals surface area contributed by atoms with E-state index in [0.29, 0.717) is 26.2 Å². The molecule has 0 unspecified atom stereocenters. The normalized spacial score (nSPS) is 13.9. The number of hydrogen-bond acceptors (Lipinski definition) is 3. The van der Waals surface area contributed by atoms with Gasteiger partial charge in [-0.25, -0.2) is 0 Å². The highest BCUT2D eigenvalue weighted by Gasteiger charge is 2.23. The first-order valence-electron chi connectivity index (χ1n) is 8.88. The smallest absolute Gasteiger partial charge is 0.244 e. The molecule has 2 aromatic rings. The monoisotopic (exact) mass is 352 g/mol. The Morgan fingerprint density at radius 1 is 1.23 bits per heavy atom. The minimum absolute atomic E-state index is 0.000341. The maximum atomic E-state index is 12.2. The zero-order valence-corrected chi connectivity index (χ0v) is 15.2. The fourth-order valence-electron chi connectivity index (χ4n) is 2.94. The van der Waals surface area contributed by atoms with Crippen LogP contribution in [0.25, 0.3) is 6.08 Å². The topological polar surface area (TPSA) is 67.2 Å². The molecule has 136 valence electrons. The van der Waals surface area contributed by atoms with Crippen LogP contribution in [0.4, 0.5) is 0 Å². The minimum atomic E-state index is -0.156. The highest BCUT2D eigenvalue weighted by Crippen LogP contribution is 2.16. The number of fused-ring (bicyclic) bond motifs is 1. The molecule has 1 N–H and O–H groups in total. The van der Waals surface area contributed by atoms with Crippen molar-refractivity contribution in [2.24, 2.45) is 5.92 Å². The summed E-state index contributed by atoms with van der Waals surface area (Å²) in [6.07, 6.45) is 3.30. The van der Waals surface area contributed by atoms with Crippen molar-refractivity contribution in [2.45, 2.75) is 33.5 Å². The molecule has 1 aromatic carbocycles. The van der Waals surface area contributed by atoms with E-state index in [0.717, 1.165) is 17.0 Å². The van der Waals surface area contributed by atoms with Crippen molar-refractivity contribution in [1.82, 2.24) is 20.0 Å². The Kier molecular flexibility index (Phi) is 5.51. The predicted octanol–water partition coefficient (Wildman–Crippen LogP) is 2.21. The van der Waals surface area contributed by atoms with Crippen LogP contribution in [0.1, 0.15) is 30.8 Å². The Morgan fingerprint density at radius 2 is 2.00 bits per heavy atom. The van der Waals surface area contributed by atoms with Gasteiger partial charge in [0.1, 0.15) is 0 Å². The van der Waals surface area contributed by atoms with Gasteiger partial charge in [0.05, 0.1) is 31.0 Å². The lowest BCUT2D eigenvalue weighted by Crippen LogP contribution is -2.40. The molecule has 0 bridgehead atoms. The highest BCUT2D eigenvalue weighted by atomic mass is 16.2. The van der Waals surface area contributed by atoms with Crippen molar-refractivity contribution in [1.29, 1.82) is 0 Å². The van der Waals surface area contributed by atoms with E-state index in [1.807, 2.05) is 59.8 Å². The van der Waals surface area contributed by atoms with Crippen LogP contribution in [-0.4, -0.2) is 33.0 Å². The molecule has 1 aromatic heterocycles. The van der Waals surface area contributed by atoms with Crippen LogP contribution in [0.5, 0.6) is 0 Å².